The van der Waals surface area contributed by atoms with E-state index >= 15 is 0 Å². The number of hydrogen-bond acceptors (Lipinski definition) is 7. The van der Waals surface area contributed by atoms with Gasteiger partial charge in [-0.1, -0.05) is 13.8 Å². The van der Waals surface area contributed by atoms with E-state index in [1.807, 2.05) is 18.0 Å². The van der Waals surface area contributed by atoms with Crippen molar-refractivity contribution in [2.45, 2.75) is 26.2 Å². The highest BCUT2D eigenvalue weighted by Crippen LogP contribution is 2.20. The molecule has 0 aromatic carbocycles. The molecule has 0 aliphatic carbocycles. The summed E-state index contributed by atoms with van der Waals surface area (Å²) in [4.78, 5) is 28.8. The molecule has 1 saturated heterocycles. The zero-order valence-electron chi connectivity index (χ0n) is 14.9. The third-order valence-electron chi connectivity index (χ3n) is 4.18. The Hall–Kier alpha value is -2.22. The van der Waals surface area contributed by atoms with Crippen LogP contribution in [0.3, 0.4) is 0 Å². The molecule has 1 aliphatic rings. The van der Waals surface area contributed by atoms with Crippen molar-refractivity contribution < 1.29 is 4.79 Å². The first kappa shape index (κ1) is 17.6. The summed E-state index contributed by atoms with van der Waals surface area (Å²) in [5.74, 6) is 2.15. The Bertz CT molecular complexity index is 731. The van der Waals surface area contributed by atoms with Gasteiger partial charge in [0.2, 0.25) is 5.91 Å². The van der Waals surface area contributed by atoms with Crippen LogP contribution in [0.5, 0.6) is 0 Å². The molecule has 0 saturated carbocycles. The van der Waals surface area contributed by atoms with Crippen LogP contribution >= 0.6 is 11.3 Å². The number of carbonyl (C=O) groups excluding carboxylic acids is 1. The first-order chi connectivity index (χ1) is 12.0. The summed E-state index contributed by atoms with van der Waals surface area (Å²) in [7, 11) is 1.83. The van der Waals surface area contributed by atoms with Crippen LogP contribution in [0, 0.1) is 0 Å². The lowest BCUT2D eigenvalue weighted by molar-refractivity contribution is -0.129. The summed E-state index contributed by atoms with van der Waals surface area (Å²) in [5, 5.41) is 6.63. The van der Waals surface area contributed by atoms with E-state index in [4.69, 9.17) is 0 Å². The summed E-state index contributed by atoms with van der Waals surface area (Å²) in [6.07, 6.45) is 2.40. The number of piperazine rings is 1. The SMILES string of the molecule is CC(C)c1nc(CCNc2cc(N3CCN(C)C(=O)C3)ncn2)cs1. The molecule has 25 heavy (non-hydrogen) atoms. The summed E-state index contributed by atoms with van der Waals surface area (Å²) >= 11 is 1.72. The smallest absolute Gasteiger partial charge is 0.241 e. The molecule has 8 heteroatoms. The van der Waals surface area contributed by atoms with E-state index < -0.39 is 0 Å². The Kier molecular flexibility index (Phi) is 5.47. The van der Waals surface area contributed by atoms with E-state index in [1.165, 1.54) is 5.01 Å². The maximum absolute atomic E-state index is 11.9. The van der Waals surface area contributed by atoms with Crippen molar-refractivity contribution in [3.63, 3.8) is 0 Å². The quantitative estimate of drug-likeness (QED) is 0.849. The summed E-state index contributed by atoms with van der Waals surface area (Å²) in [6.45, 7) is 6.95. The molecule has 1 N–H and O–H groups in total. The average molecular weight is 360 g/mol. The van der Waals surface area contributed by atoms with Crippen LogP contribution in [0.2, 0.25) is 0 Å². The topological polar surface area (TPSA) is 74.2 Å². The van der Waals surface area contributed by atoms with Gasteiger partial charge in [-0.2, -0.15) is 0 Å². The second kappa shape index (κ2) is 7.77. The highest BCUT2D eigenvalue weighted by Gasteiger charge is 2.22. The van der Waals surface area contributed by atoms with Gasteiger partial charge >= 0.3 is 0 Å². The maximum atomic E-state index is 11.9. The van der Waals surface area contributed by atoms with Gasteiger partial charge in [-0.3, -0.25) is 4.79 Å². The molecule has 2 aromatic heterocycles. The molecule has 134 valence electrons. The molecule has 7 nitrogen and oxygen atoms in total. The number of nitrogens with zero attached hydrogens (tertiary/aromatic N) is 5. The number of likely N-dealkylation sites (N-methyl/N-ethyl adjacent to an activating group) is 1. The molecule has 0 unspecified atom stereocenters. The van der Waals surface area contributed by atoms with Gasteiger partial charge in [0.25, 0.3) is 0 Å². The number of rotatable bonds is 6. The lowest BCUT2D eigenvalue weighted by Gasteiger charge is -2.32. The van der Waals surface area contributed by atoms with E-state index in [9.17, 15) is 4.79 Å². The van der Waals surface area contributed by atoms with Crippen LogP contribution in [0.15, 0.2) is 17.8 Å². The van der Waals surface area contributed by atoms with Gasteiger partial charge < -0.3 is 15.1 Å². The van der Waals surface area contributed by atoms with Crippen LogP contribution in [0.25, 0.3) is 0 Å². The molecule has 2 aromatic rings. The Morgan fingerprint density at radius 1 is 1.32 bits per heavy atom. The fourth-order valence-electron chi connectivity index (χ4n) is 2.59. The van der Waals surface area contributed by atoms with Crippen LogP contribution < -0.4 is 10.2 Å². The standard InChI is InChI=1S/C17H24N6OS/c1-12(2)17-21-13(10-25-17)4-5-18-14-8-15(20-11-19-14)23-7-6-22(3)16(24)9-23/h8,10-12H,4-7,9H2,1-3H3,(H,18,19,20). The number of nitrogens with one attached hydrogen (secondary N) is 1. The molecule has 1 aliphatic heterocycles. The van der Waals surface area contributed by atoms with E-state index in [2.05, 4.69) is 39.5 Å². The fraction of sp³-hybridized carbons (Fsp3) is 0.529. The molecule has 3 heterocycles. The second-order valence-electron chi connectivity index (χ2n) is 6.51. The monoisotopic (exact) mass is 360 g/mol. The van der Waals surface area contributed by atoms with Crippen molar-refractivity contribution in [2.75, 3.05) is 43.4 Å². The van der Waals surface area contributed by atoms with Gasteiger partial charge in [-0.15, -0.1) is 11.3 Å². The first-order valence-corrected chi connectivity index (χ1v) is 9.40. The van der Waals surface area contributed by atoms with E-state index in [0.29, 0.717) is 19.0 Å². The van der Waals surface area contributed by atoms with Crippen molar-refractivity contribution in [1.29, 1.82) is 0 Å². The minimum Gasteiger partial charge on any atom is -0.370 e. The normalized spacial score (nSPS) is 15.1. The average Bonchev–Trinajstić information content (AvgIpc) is 3.07. The van der Waals surface area contributed by atoms with Gasteiger partial charge in [0, 0.05) is 50.5 Å². The van der Waals surface area contributed by atoms with Gasteiger partial charge in [-0.25, -0.2) is 15.0 Å². The van der Waals surface area contributed by atoms with Gasteiger partial charge in [0.1, 0.15) is 18.0 Å². The van der Waals surface area contributed by atoms with Gasteiger partial charge in [0.15, 0.2) is 0 Å². The molecular formula is C17H24N6OS. The Morgan fingerprint density at radius 2 is 2.16 bits per heavy atom. The third-order valence-corrected chi connectivity index (χ3v) is 5.38. The van der Waals surface area contributed by atoms with Crippen LogP contribution in [-0.4, -0.2) is 59.0 Å². The number of anilines is 2. The molecule has 0 radical (unpaired) electrons. The number of carbonyl (C=O) groups is 1. The third kappa shape index (κ3) is 4.45. The molecule has 1 fully saturated rings. The maximum Gasteiger partial charge on any atom is 0.241 e. The van der Waals surface area contributed by atoms with Crippen molar-refractivity contribution in [2.24, 2.45) is 0 Å². The summed E-state index contributed by atoms with van der Waals surface area (Å²) < 4.78 is 0. The molecule has 1 amide bonds. The van der Waals surface area contributed by atoms with E-state index in [1.54, 1.807) is 22.6 Å². The fourth-order valence-corrected chi connectivity index (χ4v) is 3.46. The number of aromatic nitrogens is 3. The molecule has 3 rings (SSSR count). The highest BCUT2D eigenvalue weighted by molar-refractivity contribution is 7.09. The first-order valence-electron chi connectivity index (χ1n) is 8.52. The number of thiazole rings is 1. The Balaban J connectivity index is 1.55. The summed E-state index contributed by atoms with van der Waals surface area (Å²) in [6, 6.07) is 1.90. The molecule has 0 spiro atoms. The Morgan fingerprint density at radius 3 is 2.88 bits per heavy atom. The van der Waals surface area contributed by atoms with Crippen LogP contribution in [-0.2, 0) is 11.2 Å². The largest absolute Gasteiger partial charge is 0.370 e. The predicted molar refractivity (Wildman–Crippen MR) is 100 cm³/mol. The zero-order valence-corrected chi connectivity index (χ0v) is 15.7. The minimum absolute atomic E-state index is 0.115. The van der Waals surface area contributed by atoms with Crippen LogP contribution in [0.1, 0.15) is 30.5 Å². The van der Waals surface area contributed by atoms with E-state index in [0.717, 1.165) is 36.8 Å². The van der Waals surface area contributed by atoms with E-state index in [-0.39, 0.29) is 5.91 Å². The number of amides is 1. The zero-order chi connectivity index (χ0) is 17.8. The van der Waals surface area contributed by atoms with Crippen molar-refractivity contribution in [1.82, 2.24) is 19.9 Å². The Labute approximate surface area is 152 Å². The lowest BCUT2D eigenvalue weighted by Crippen LogP contribution is -2.48. The molecular weight excluding hydrogens is 336 g/mol. The van der Waals surface area contributed by atoms with Gasteiger partial charge in [0.05, 0.1) is 17.2 Å². The lowest BCUT2D eigenvalue weighted by atomic mass is 10.2. The van der Waals surface area contributed by atoms with Crippen molar-refractivity contribution in [3.05, 3.63) is 28.5 Å². The molecule has 0 atom stereocenters. The molecule has 0 bridgehead atoms. The minimum atomic E-state index is 0.115. The predicted octanol–water partition coefficient (Wildman–Crippen LogP) is 1.99. The summed E-state index contributed by atoms with van der Waals surface area (Å²) in [5.41, 5.74) is 1.11. The van der Waals surface area contributed by atoms with Crippen LogP contribution in [0.4, 0.5) is 11.6 Å². The second-order valence-corrected chi connectivity index (χ2v) is 7.40. The number of hydrogen-bond donors (Lipinski definition) is 1. The van der Waals surface area contributed by atoms with Crippen molar-refractivity contribution in [3.8, 4) is 0 Å². The van der Waals surface area contributed by atoms with Crippen molar-refractivity contribution >= 4 is 28.9 Å². The van der Waals surface area contributed by atoms with Gasteiger partial charge in [-0.05, 0) is 0 Å². The highest BCUT2D eigenvalue weighted by atomic mass is 32.1.